The van der Waals surface area contributed by atoms with Gasteiger partial charge in [0.15, 0.2) is 18.3 Å². The van der Waals surface area contributed by atoms with Crippen molar-refractivity contribution in [1.29, 1.82) is 0 Å². The second-order valence-corrected chi connectivity index (χ2v) is 5.47. The van der Waals surface area contributed by atoms with Gasteiger partial charge in [-0.05, 0) is 24.1 Å². The van der Waals surface area contributed by atoms with E-state index in [4.69, 9.17) is 4.52 Å². The fraction of sp³-hybridized carbons (Fsp3) is 0.412. The highest BCUT2D eigenvalue weighted by molar-refractivity contribution is 14.0. The maximum absolute atomic E-state index is 12.1. The van der Waals surface area contributed by atoms with Crippen molar-refractivity contribution in [3.8, 4) is 5.75 Å². The fourth-order valence-electron chi connectivity index (χ4n) is 2.05. The van der Waals surface area contributed by atoms with Crippen molar-refractivity contribution in [2.24, 2.45) is 4.99 Å². The van der Waals surface area contributed by atoms with Gasteiger partial charge in [0.2, 0.25) is 0 Å². The third-order valence-corrected chi connectivity index (χ3v) is 3.41. The van der Waals surface area contributed by atoms with Gasteiger partial charge < -0.3 is 19.9 Å². The SMILES string of the molecule is CCc1cc(CNC(=NC)NCc2ccc(OCC(F)(F)F)cc2)on1.I. The highest BCUT2D eigenvalue weighted by atomic mass is 127. The molecule has 0 unspecified atom stereocenters. The predicted molar refractivity (Wildman–Crippen MR) is 106 cm³/mol. The van der Waals surface area contributed by atoms with Gasteiger partial charge in [0.1, 0.15) is 5.75 Å². The number of halogens is 4. The van der Waals surface area contributed by atoms with E-state index < -0.39 is 12.8 Å². The van der Waals surface area contributed by atoms with Crippen LogP contribution in [0.2, 0.25) is 0 Å². The van der Waals surface area contributed by atoms with E-state index in [1.54, 1.807) is 19.2 Å². The van der Waals surface area contributed by atoms with Gasteiger partial charge in [-0.25, -0.2) is 0 Å². The number of rotatable bonds is 7. The maximum atomic E-state index is 12.1. The van der Waals surface area contributed by atoms with Gasteiger partial charge in [-0.1, -0.05) is 24.2 Å². The number of benzene rings is 1. The number of aliphatic imine (C=N–C) groups is 1. The molecule has 1 heterocycles. The Balaban J connectivity index is 0.00000364. The summed E-state index contributed by atoms with van der Waals surface area (Å²) in [6, 6.07) is 8.26. The molecule has 0 aliphatic heterocycles. The number of aryl methyl sites for hydroxylation is 1. The van der Waals surface area contributed by atoms with E-state index >= 15 is 0 Å². The molecular weight excluding hydrogens is 476 g/mol. The summed E-state index contributed by atoms with van der Waals surface area (Å²) in [4.78, 5) is 4.10. The van der Waals surface area contributed by atoms with E-state index in [1.807, 2.05) is 13.0 Å². The number of aromatic nitrogens is 1. The van der Waals surface area contributed by atoms with Gasteiger partial charge in [0.05, 0.1) is 12.2 Å². The van der Waals surface area contributed by atoms with Crippen molar-refractivity contribution in [2.75, 3.05) is 13.7 Å². The Morgan fingerprint density at radius 3 is 2.41 bits per heavy atom. The molecule has 1 aromatic heterocycles. The van der Waals surface area contributed by atoms with Gasteiger partial charge in [0.25, 0.3) is 0 Å². The zero-order chi connectivity index (χ0) is 19.0. The lowest BCUT2D eigenvalue weighted by molar-refractivity contribution is -0.153. The van der Waals surface area contributed by atoms with E-state index in [2.05, 4.69) is 25.5 Å². The zero-order valence-corrected chi connectivity index (χ0v) is 17.3. The van der Waals surface area contributed by atoms with Crippen LogP contribution in [-0.4, -0.2) is 30.9 Å². The Bertz CT molecular complexity index is 718. The molecule has 10 heteroatoms. The molecular formula is C17H22F3IN4O2. The van der Waals surface area contributed by atoms with Crippen LogP contribution in [0.15, 0.2) is 39.8 Å². The molecule has 0 radical (unpaired) electrons. The molecule has 0 aliphatic rings. The molecule has 150 valence electrons. The average molecular weight is 498 g/mol. The van der Waals surface area contributed by atoms with Crippen LogP contribution in [0.3, 0.4) is 0 Å². The zero-order valence-electron chi connectivity index (χ0n) is 15.0. The molecule has 0 bridgehead atoms. The molecule has 2 aromatic rings. The molecule has 0 aliphatic carbocycles. The lowest BCUT2D eigenvalue weighted by Crippen LogP contribution is -2.36. The van der Waals surface area contributed by atoms with Gasteiger partial charge in [-0.2, -0.15) is 13.2 Å². The quantitative estimate of drug-likeness (QED) is 0.347. The number of ether oxygens (including phenoxy) is 1. The van der Waals surface area contributed by atoms with Crippen LogP contribution < -0.4 is 15.4 Å². The summed E-state index contributed by atoms with van der Waals surface area (Å²) in [6.45, 7) is 1.59. The van der Waals surface area contributed by atoms with Crippen molar-refractivity contribution >= 4 is 29.9 Å². The topological polar surface area (TPSA) is 71.7 Å². The van der Waals surface area contributed by atoms with Crippen LogP contribution in [0, 0.1) is 0 Å². The Hall–Kier alpha value is -1.98. The summed E-state index contributed by atoms with van der Waals surface area (Å²) in [5.74, 6) is 1.44. The summed E-state index contributed by atoms with van der Waals surface area (Å²) < 4.78 is 46.2. The standard InChI is InChI=1S/C17H21F3N4O2.HI/c1-3-13-8-15(26-24-13)10-23-16(21-2)22-9-12-4-6-14(7-5-12)25-11-17(18,19)20;/h4-8H,3,9-11H2,1-2H3,(H2,21,22,23);1H. The summed E-state index contributed by atoms with van der Waals surface area (Å²) in [5, 5.41) is 10.1. The normalized spacial score (nSPS) is 11.7. The first-order chi connectivity index (χ1) is 12.4. The molecule has 0 fully saturated rings. The number of alkyl halides is 3. The molecule has 27 heavy (non-hydrogen) atoms. The Morgan fingerprint density at radius 2 is 1.85 bits per heavy atom. The predicted octanol–water partition coefficient (Wildman–Crippen LogP) is 3.66. The van der Waals surface area contributed by atoms with Crippen LogP contribution in [-0.2, 0) is 19.5 Å². The van der Waals surface area contributed by atoms with Gasteiger partial charge in [-0.15, -0.1) is 24.0 Å². The number of hydrogen-bond donors (Lipinski definition) is 2. The largest absolute Gasteiger partial charge is 0.484 e. The molecule has 0 spiro atoms. The lowest BCUT2D eigenvalue weighted by atomic mass is 10.2. The molecule has 0 atom stereocenters. The first kappa shape index (κ1) is 23.1. The van der Waals surface area contributed by atoms with Crippen LogP contribution in [0.1, 0.15) is 23.9 Å². The number of hydrogen-bond acceptors (Lipinski definition) is 4. The molecule has 0 saturated heterocycles. The van der Waals surface area contributed by atoms with E-state index in [-0.39, 0.29) is 29.7 Å². The maximum Gasteiger partial charge on any atom is 0.422 e. The summed E-state index contributed by atoms with van der Waals surface area (Å²) >= 11 is 0. The summed E-state index contributed by atoms with van der Waals surface area (Å²) in [5.41, 5.74) is 1.76. The number of nitrogens with one attached hydrogen (secondary N) is 2. The fourth-order valence-corrected chi connectivity index (χ4v) is 2.05. The van der Waals surface area contributed by atoms with Crippen molar-refractivity contribution in [1.82, 2.24) is 15.8 Å². The molecule has 2 N–H and O–H groups in total. The van der Waals surface area contributed by atoms with Crippen LogP contribution >= 0.6 is 24.0 Å². The minimum Gasteiger partial charge on any atom is -0.484 e. The second-order valence-electron chi connectivity index (χ2n) is 5.47. The van der Waals surface area contributed by atoms with Gasteiger partial charge in [0, 0.05) is 19.7 Å². The minimum absolute atomic E-state index is 0. The van der Waals surface area contributed by atoms with Crippen molar-refractivity contribution in [2.45, 2.75) is 32.6 Å². The second kappa shape index (κ2) is 11.0. The van der Waals surface area contributed by atoms with Crippen molar-refractivity contribution in [3.05, 3.63) is 47.3 Å². The smallest absolute Gasteiger partial charge is 0.422 e. The van der Waals surface area contributed by atoms with Gasteiger partial charge >= 0.3 is 6.18 Å². The first-order valence-electron chi connectivity index (χ1n) is 8.07. The monoisotopic (exact) mass is 498 g/mol. The first-order valence-corrected chi connectivity index (χ1v) is 8.07. The lowest BCUT2D eigenvalue weighted by Gasteiger charge is -2.12. The molecule has 2 rings (SSSR count). The Morgan fingerprint density at radius 1 is 1.19 bits per heavy atom. The van der Waals surface area contributed by atoms with E-state index in [9.17, 15) is 13.2 Å². The molecule has 6 nitrogen and oxygen atoms in total. The van der Waals surface area contributed by atoms with E-state index in [0.717, 1.165) is 17.7 Å². The van der Waals surface area contributed by atoms with E-state index in [0.29, 0.717) is 24.8 Å². The number of nitrogens with zero attached hydrogens (tertiary/aromatic N) is 2. The highest BCUT2D eigenvalue weighted by Gasteiger charge is 2.28. The summed E-state index contributed by atoms with van der Waals surface area (Å²) in [7, 11) is 1.64. The van der Waals surface area contributed by atoms with Gasteiger partial charge in [-0.3, -0.25) is 4.99 Å². The number of guanidine groups is 1. The minimum atomic E-state index is -4.35. The molecule has 0 amide bonds. The Kier molecular flexibility index (Phi) is 9.39. The average Bonchev–Trinajstić information content (AvgIpc) is 3.08. The third-order valence-electron chi connectivity index (χ3n) is 3.41. The molecule has 0 saturated carbocycles. The Labute approximate surface area is 172 Å². The van der Waals surface area contributed by atoms with Crippen molar-refractivity contribution < 1.29 is 22.4 Å². The third kappa shape index (κ3) is 8.50. The molecule has 1 aromatic carbocycles. The van der Waals surface area contributed by atoms with Crippen LogP contribution in [0.25, 0.3) is 0 Å². The van der Waals surface area contributed by atoms with Crippen molar-refractivity contribution in [3.63, 3.8) is 0 Å². The highest BCUT2D eigenvalue weighted by Crippen LogP contribution is 2.18. The van der Waals surface area contributed by atoms with Crippen LogP contribution in [0.4, 0.5) is 13.2 Å². The van der Waals surface area contributed by atoms with Crippen LogP contribution in [0.5, 0.6) is 5.75 Å². The van der Waals surface area contributed by atoms with E-state index in [1.165, 1.54) is 12.1 Å². The summed E-state index contributed by atoms with van der Waals surface area (Å²) in [6.07, 6.45) is -3.54.